The van der Waals surface area contributed by atoms with Crippen LogP contribution in [0.2, 0.25) is 0 Å². The van der Waals surface area contributed by atoms with Gasteiger partial charge in [0.25, 0.3) is 0 Å². The van der Waals surface area contributed by atoms with Gasteiger partial charge in [-0.05, 0) is 36.1 Å². The zero-order valence-electron chi connectivity index (χ0n) is 15.0. The van der Waals surface area contributed by atoms with Crippen LogP contribution in [0, 0.1) is 11.6 Å². The molecule has 3 rings (SSSR count). The summed E-state index contributed by atoms with van der Waals surface area (Å²) in [6.07, 6.45) is 0.569. The lowest BCUT2D eigenvalue weighted by Gasteiger charge is -2.17. The number of aromatic nitrogens is 1. The molecule has 0 amide bonds. The van der Waals surface area contributed by atoms with E-state index in [2.05, 4.69) is 10.0 Å². The number of nitrogens with zero attached hydrogens (tertiary/aromatic N) is 4. The Morgan fingerprint density at radius 2 is 1.85 bits per heavy atom. The number of hydrogen-bond donors (Lipinski definition) is 0. The van der Waals surface area contributed by atoms with Gasteiger partial charge in [0, 0.05) is 23.2 Å². The van der Waals surface area contributed by atoms with Crippen molar-refractivity contribution in [2.24, 2.45) is 5.11 Å². The van der Waals surface area contributed by atoms with Gasteiger partial charge in [0.1, 0.15) is 5.82 Å². The van der Waals surface area contributed by atoms with E-state index >= 15 is 4.39 Å². The highest BCUT2D eigenvalue weighted by Gasteiger charge is 2.20. The van der Waals surface area contributed by atoms with Crippen molar-refractivity contribution in [2.75, 3.05) is 0 Å². The van der Waals surface area contributed by atoms with Crippen LogP contribution < -0.4 is 5.43 Å². The molecule has 0 fully saturated rings. The molecule has 0 saturated heterocycles. The van der Waals surface area contributed by atoms with Crippen LogP contribution in [0.5, 0.6) is 0 Å². The Hall–Kier alpha value is -3.18. The number of pyridine rings is 1. The molecular weight excluding hydrogens is 350 g/mol. The fraction of sp³-hybridized carbons (Fsp3) is 0.250. The predicted octanol–water partition coefficient (Wildman–Crippen LogP) is 5.34. The first-order chi connectivity index (χ1) is 13.0. The molecule has 7 heteroatoms. The topological polar surface area (TPSA) is 70.8 Å². The van der Waals surface area contributed by atoms with Crippen molar-refractivity contribution < 1.29 is 8.78 Å². The zero-order chi connectivity index (χ0) is 19.6. The molecule has 0 bridgehead atoms. The van der Waals surface area contributed by atoms with Crippen LogP contribution in [0.3, 0.4) is 0 Å². The van der Waals surface area contributed by atoms with Gasteiger partial charge in [0.15, 0.2) is 11.2 Å². The number of rotatable bonds is 5. The van der Waals surface area contributed by atoms with Crippen LogP contribution in [0.4, 0.5) is 8.78 Å². The normalized spacial score (nSPS) is 10.8. The summed E-state index contributed by atoms with van der Waals surface area (Å²) in [7, 11) is 0. The second-order valence-electron chi connectivity index (χ2n) is 6.13. The number of halogens is 2. The van der Waals surface area contributed by atoms with Crippen LogP contribution >= 0.6 is 0 Å². The first-order valence-corrected chi connectivity index (χ1v) is 8.66. The Balaban J connectivity index is 2.28. The minimum atomic E-state index is -0.785. The highest BCUT2D eigenvalue weighted by Crippen LogP contribution is 2.31. The van der Waals surface area contributed by atoms with Gasteiger partial charge in [-0.1, -0.05) is 36.3 Å². The summed E-state index contributed by atoms with van der Waals surface area (Å²) in [5.41, 5.74) is 9.73. The van der Waals surface area contributed by atoms with Crippen molar-refractivity contribution in [3.05, 3.63) is 80.0 Å². The molecule has 3 aromatic rings. The minimum Gasteiger partial charge on any atom is -0.342 e. The van der Waals surface area contributed by atoms with E-state index < -0.39 is 11.6 Å². The summed E-state index contributed by atoms with van der Waals surface area (Å²) in [6, 6.07) is 9.01. The van der Waals surface area contributed by atoms with Crippen molar-refractivity contribution in [1.29, 1.82) is 0 Å². The van der Waals surface area contributed by atoms with Gasteiger partial charge in [-0.3, -0.25) is 4.79 Å². The monoisotopic (exact) mass is 368 g/mol. The first-order valence-electron chi connectivity index (χ1n) is 8.66. The van der Waals surface area contributed by atoms with Gasteiger partial charge in [-0.25, -0.2) is 8.78 Å². The predicted molar refractivity (Wildman–Crippen MR) is 101 cm³/mol. The summed E-state index contributed by atoms with van der Waals surface area (Å²) in [4.78, 5) is 15.0. The van der Waals surface area contributed by atoms with Crippen molar-refractivity contribution >= 4 is 10.9 Å². The average Bonchev–Trinajstić information content (AvgIpc) is 2.67. The molecule has 138 valence electrons. The second kappa shape index (κ2) is 7.60. The number of hydrogen-bond acceptors (Lipinski definition) is 2. The summed E-state index contributed by atoms with van der Waals surface area (Å²) in [5, 5.41) is 3.50. The average molecular weight is 368 g/mol. The molecule has 2 aromatic carbocycles. The van der Waals surface area contributed by atoms with Gasteiger partial charge in [-0.2, -0.15) is 0 Å². The first kappa shape index (κ1) is 18.6. The lowest BCUT2D eigenvalue weighted by Crippen LogP contribution is -2.15. The Kier molecular flexibility index (Phi) is 5.23. The van der Waals surface area contributed by atoms with E-state index in [0.717, 1.165) is 11.6 Å². The second-order valence-corrected chi connectivity index (χ2v) is 6.13. The summed E-state index contributed by atoms with van der Waals surface area (Å²) < 4.78 is 31.8. The molecule has 0 spiro atoms. The SMILES string of the molecule is CCc1cc(=O)c2cc(F)c(-c3ccc(CN=[N+]=[N-])cc3)c(F)c2n1CC. The van der Waals surface area contributed by atoms with Gasteiger partial charge in [0.2, 0.25) is 0 Å². The molecule has 0 aliphatic heterocycles. The van der Waals surface area contributed by atoms with Gasteiger partial charge in [-0.15, -0.1) is 0 Å². The fourth-order valence-electron chi connectivity index (χ4n) is 3.32. The van der Waals surface area contributed by atoms with Crippen molar-refractivity contribution in [3.8, 4) is 11.1 Å². The standard InChI is InChI=1S/C20H18F2N4O/c1-3-14-9-17(27)15-10-16(21)18(19(22)20(15)26(14)4-2)13-7-5-12(6-8-13)11-24-25-23/h5-10H,3-4,11H2,1-2H3. The van der Waals surface area contributed by atoms with Crippen LogP contribution in [0.15, 0.2) is 46.3 Å². The van der Waals surface area contributed by atoms with Crippen molar-refractivity contribution in [1.82, 2.24) is 4.57 Å². The van der Waals surface area contributed by atoms with Gasteiger partial charge < -0.3 is 4.57 Å². The largest absolute Gasteiger partial charge is 0.342 e. The molecule has 0 unspecified atom stereocenters. The molecule has 0 radical (unpaired) electrons. The number of fused-ring (bicyclic) bond motifs is 1. The Morgan fingerprint density at radius 3 is 2.44 bits per heavy atom. The lowest BCUT2D eigenvalue weighted by molar-refractivity contribution is 0.588. The molecule has 0 saturated carbocycles. The zero-order valence-corrected chi connectivity index (χ0v) is 15.0. The molecular formula is C20H18F2N4O. The molecule has 27 heavy (non-hydrogen) atoms. The smallest absolute Gasteiger partial charge is 0.189 e. The number of benzene rings is 2. The third kappa shape index (κ3) is 3.29. The molecule has 5 nitrogen and oxygen atoms in total. The summed E-state index contributed by atoms with van der Waals surface area (Å²) >= 11 is 0. The Bertz CT molecular complexity index is 1110. The molecule has 0 aliphatic rings. The highest BCUT2D eigenvalue weighted by molar-refractivity contribution is 5.86. The van der Waals surface area contributed by atoms with Crippen LogP contribution in [0.1, 0.15) is 25.1 Å². The molecule has 1 heterocycles. The Morgan fingerprint density at radius 1 is 1.15 bits per heavy atom. The van der Waals surface area contributed by atoms with E-state index in [1.54, 1.807) is 28.8 Å². The van der Waals surface area contributed by atoms with E-state index in [9.17, 15) is 9.18 Å². The minimum absolute atomic E-state index is 0.0350. The van der Waals surface area contributed by atoms with Crippen LogP contribution in [-0.4, -0.2) is 4.57 Å². The maximum Gasteiger partial charge on any atom is 0.189 e. The summed E-state index contributed by atoms with van der Waals surface area (Å²) in [5.74, 6) is -1.53. The van der Waals surface area contributed by atoms with Gasteiger partial charge in [0.05, 0.1) is 23.0 Å². The molecule has 0 N–H and O–H groups in total. The van der Waals surface area contributed by atoms with Crippen molar-refractivity contribution in [2.45, 2.75) is 33.4 Å². The molecule has 0 aliphatic carbocycles. The van der Waals surface area contributed by atoms with E-state index in [0.29, 0.717) is 24.2 Å². The van der Waals surface area contributed by atoms with Crippen LogP contribution in [0.25, 0.3) is 32.5 Å². The van der Waals surface area contributed by atoms with Gasteiger partial charge >= 0.3 is 0 Å². The molecule has 1 aromatic heterocycles. The van der Waals surface area contributed by atoms with Crippen molar-refractivity contribution in [3.63, 3.8) is 0 Å². The lowest BCUT2D eigenvalue weighted by atomic mass is 9.99. The Labute approximate surface area is 154 Å². The maximum atomic E-state index is 15.4. The maximum absolute atomic E-state index is 15.4. The number of aryl methyl sites for hydroxylation is 2. The van der Waals surface area contributed by atoms with E-state index in [4.69, 9.17) is 5.53 Å². The third-order valence-corrected chi connectivity index (χ3v) is 4.61. The van der Waals surface area contributed by atoms with E-state index in [-0.39, 0.29) is 28.4 Å². The molecule has 0 atom stereocenters. The number of azide groups is 1. The summed E-state index contributed by atoms with van der Waals surface area (Å²) in [6.45, 7) is 4.37. The van der Waals surface area contributed by atoms with E-state index in [1.165, 1.54) is 6.07 Å². The van der Waals surface area contributed by atoms with Crippen LogP contribution in [-0.2, 0) is 19.5 Å². The van der Waals surface area contributed by atoms with E-state index in [1.807, 2.05) is 13.8 Å². The highest BCUT2D eigenvalue weighted by atomic mass is 19.1. The fourth-order valence-corrected chi connectivity index (χ4v) is 3.32. The third-order valence-electron chi connectivity index (χ3n) is 4.61. The quantitative estimate of drug-likeness (QED) is 0.340.